The number of carbonyl (C=O) groups is 2. The number of hydrogen-bond acceptors (Lipinski definition) is 8. The van der Waals surface area contributed by atoms with Crippen LogP contribution in [0.15, 0.2) is 50.9 Å². The molecule has 2 amide bonds. The number of aromatic nitrogens is 3. The minimum absolute atomic E-state index is 0.00494. The SMILES string of the molecule is CC(=O)NCCCc1ccc(-c2csc(NC(=O)CCc3nnc(-c4ccsc4)o3)n2)cc1. The van der Waals surface area contributed by atoms with Crippen LogP contribution in [0, 0.1) is 0 Å². The van der Waals surface area contributed by atoms with Crippen LogP contribution in [-0.4, -0.2) is 33.5 Å². The van der Waals surface area contributed by atoms with E-state index in [0.29, 0.717) is 29.9 Å². The van der Waals surface area contributed by atoms with Gasteiger partial charge in [-0.1, -0.05) is 24.3 Å². The molecule has 0 unspecified atom stereocenters. The molecule has 0 saturated carbocycles. The van der Waals surface area contributed by atoms with Gasteiger partial charge in [0.25, 0.3) is 0 Å². The smallest absolute Gasteiger partial charge is 0.248 e. The van der Waals surface area contributed by atoms with E-state index in [-0.39, 0.29) is 18.2 Å². The number of amides is 2. The molecule has 0 aliphatic heterocycles. The lowest BCUT2D eigenvalue weighted by Crippen LogP contribution is -2.21. The second kappa shape index (κ2) is 11.0. The van der Waals surface area contributed by atoms with Crippen molar-refractivity contribution < 1.29 is 14.0 Å². The monoisotopic (exact) mass is 481 g/mol. The van der Waals surface area contributed by atoms with Gasteiger partial charge in [-0.3, -0.25) is 9.59 Å². The van der Waals surface area contributed by atoms with Gasteiger partial charge in [0.05, 0.1) is 5.69 Å². The van der Waals surface area contributed by atoms with E-state index in [2.05, 4.69) is 37.9 Å². The van der Waals surface area contributed by atoms with Gasteiger partial charge in [-0.05, 0) is 29.9 Å². The van der Waals surface area contributed by atoms with E-state index in [9.17, 15) is 9.59 Å². The molecule has 0 fully saturated rings. The van der Waals surface area contributed by atoms with Gasteiger partial charge < -0.3 is 15.1 Å². The van der Waals surface area contributed by atoms with Gasteiger partial charge >= 0.3 is 0 Å². The Hall–Kier alpha value is -3.37. The minimum atomic E-state index is -0.152. The lowest BCUT2D eigenvalue weighted by atomic mass is 10.1. The first-order valence-electron chi connectivity index (χ1n) is 10.5. The van der Waals surface area contributed by atoms with E-state index < -0.39 is 0 Å². The maximum Gasteiger partial charge on any atom is 0.248 e. The van der Waals surface area contributed by atoms with Crippen LogP contribution < -0.4 is 10.6 Å². The molecule has 33 heavy (non-hydrogen) atoms. The molecule has 10 heteroatoms. The van der Waals surface area contributed by atoms with Crippen LogP contribution in [0.4, 0.5) is 5.13 Å². The molecule has 0 spiro atoms. The van der Waals surface area contributed by atoms with Gasteiger partial charge in [0.2, 0.25) is 23.6 Å². The van der Waals surface area contributed by atoms with Gasteiger partial charge in [0.1, 0.15) is 0 Å². The van der Waals surface area contributed by atoms with Crippen molar-refractivity contribution in [1.82, 2.24) is 20.5 Å². The van der Waals surface area contributed by atoms with Crippen molar-refractivity contribution >= 4 is 39.6 Å². The molecule has 1 aromatic carbocycles. The molecule has 2 N–H and O–H groups in total. The predicted molar refractivity (Wildman–Crippen MR) is 129 cm³/mol. The zero-order valence-corrected chi connectivity index (χ0v) is 19.7. The Morgan fingerprint density at radius 3 is 2.64 bits per heavy atom. The summed E-state index contributed by atoms with van der Waals surface area (Å²) < 4.78 is 5.61. The summed E-state index contributed by atoms with van der Waals surface area (Å²) in [6, 6.07) is 10.1. The Morgan fingerprint density at radius 2 is 1.88 bits per heavy atom. The minimum Gasteiger partial charge on any atom is -0.421 e. The third-order valence-corrected chi connectivity index (χ3v) is 6.26. The zero-order valence-electron chi connectivity index (χ0n) is 18.0. The van der Waals surface area contributed by atoms with Gasteiger partial charge in [-0.2, -0.15) is 11.3 Å². The number of carbonyl (C=O) groups excluding carboxylic acids is 2. The van der Waals surface area contributed by atoms with Crippen LogP contribution in [0.5, 0.6) is 0 Å². The first-order chi connectivity index (χ1) is 16.1. The number of thiazole rings is 1. The summed E-state index contributed by atoms with van der Waals surface area (Å²) in [4.78, 5) is 27.8. The topological polar surface area (TPSA) is 110 Å². The molecule has 170 valence electrons. The fraction of sp³-hybridized carbons (Fsp3) is 0.261. The summed E-state index contributed by atoms with van der Waals surface area (Å²) in [6.45, 7) is 2.20. The third-order valence-electron chi connectivity index (χ3n) is 4.82. The lowest BCUT2D eigenvalue weighted by molar-refractivity contribution is -0.119. The summed E-state index contributed by atoms with van der Waals surface area (Å²) in [5.74, 6) is 0.744. The Morgan fingerprint density at radius 1 is 1.03 bits per heavy atom. The molecule has 4 aromatic rings. The van der Waals surface area contributed by atoms with Gasteiger partial charge in [-0.25, -0.2) is 4.98 Å². The molecular weight excluding hydrogens is 458 g/mol. The van der Waals surface area contributed by atoms with Crippen molar-refractivity contribution in [2.45, 2.75) is 32.6 Å². The Bertz CT molecular complexity index is 1200. The van der Waals surface area contributed by atoms with Crippen molar-refractivity contribution in [2.75, 3.05) is 11.9 Å². The van der Waals surface area contributed by atoms with Crippen molar-refractivity contribution in [3.8, 4) is 22.7 Å². The normalized spacial score (nSPS) is 10.8. The van der Waals surface area contributed by atoms with Crippen LogP contribution in [0.25, 0.3) is 22.7 Å². The van der Waals surface area contributed by atoms with Crippen molar-refractivity contribution in [3.05, 3.63) is 57.9 Å². The maximum absolute atomic E-state index is 12.3. The highest BCUT2D eigenvalue weighted by molar-refractivity contribution is 7.14. The largest absolute Gasteiger partial charge is 0.421 e. The highest BCUT2D eigenvalue weighted by Gasteiger charge is 2.12. The average molecular weight is 482 g/mol. The van der Waals surface area contributed by atoms with Crippen LogP contribution in [0.2, 0.25) is 0 Å². The van der Waals surface area contributed by atoms with E-state index >= 15 is 0 Å². The number of nitrogens with one attached hydrogen (secondary N) is 2. The second-order valence-corrected chi connectivity index (χ2v) is 9.02. The quantitative estimate of drug-likeness (QED) is 0.321. The van der Waals surface area contributed by atoms with E-state index in [1.165, 1.54) is 23.8 Å². The first-order valence-corrected chi connectivity index (χ1v) is 12.3. The molecule has 4 rings (SSSR count). The number of rotatable bonds is 10. The molecule has 0 saturated heterocycles. The van der Waals surface area contributed by atoms with E-state index in [1.54, 1.807) is 11.3 Å². The van der Waals surface area contributed by atoms with Crippen LogP contribution >= 0.6 is 22.7 Å². The molecule has 8 nitrogen and oxygen atoms in total. The third kappa shape index (κ3) is 6.56. The van der Waals surface area contributed by atoms with Gasteiger partial charge in [-0.15, -0.1) is 21.5 Å². The van der Waals surface area contributed by atoms with Crippen LogP contribution in [0.1, 0.15) is 31.2 Å². The fourth-order valence-electron chi connectivity index (χ4n) is 3.12. The fourth-order valence-corrected chi connectivity index (χ4v) is 4.49. The molecule has 0 radical (unpaired) electrons. The standard InChI is InChI=1S/C23H23N5O3S2/c1-15(29)24-11-2-3-16-4-6-17(7-5-16)19-14-33-23(25-19)26-20(30)8-9-21-27-28-22(31-21)18-10-12-32-13-18/h4-7,10,12-14H,2-3,8-9,11H2,1H3,(H,24,29)(H,25,26,30). The molecule has 3 heterocycles. The number of benzene rings is 1. The Balaban J connectivity index is 1.25. The van der Waals surface area contributed by atoms with Crippen molar-refractivity contribution in [2.24, 2.45) is 0 Å². The second-order valence-electron chi connectivity index (χ2n) is 7.38. The summed E-state index contributed by atoms with van der Waals surface area (Å²) >= 11 is 2.95. The Labute approximate surface area is 199 Å². The summed E-state index contributed by atoms with van der Waals surface area (Å²) in [6.07, 6.45) is 2.39. The molecule has 0 atom stereocenters. The number of nitrogens with zero attached hydrogens (tertiary/aromatic N) is 3. The van der Waals surface area contributed by atoms with Crippen LogP contribution in [-0.2, 0) is 22.4 Å². The van der Waals surface area contributed by atoms with Gasteiger partial charge in [0, 0.05) is 48.2 Å². The summed E-state index contributed by atoms with van der Waals surface area (Å²) in [5.41, 5.74) is 3.90. The van der Waals surface area contributed by atoms with E-state index in [4.69, 9.17) is 4.42 Å². The lowest BCUT2D eigenvalue weighted by Gasteiger charge is -2.04. The molecule has 0 aliphatic carbocycles. The number of hydrogen-bond donors (Lipinski definition) is 2. The summed E-state index contributed by atoms with van der Waals surface area (Å²) in [7, 11) is 0. The summed E-state index contributed by atoms with van der Waals surface area (Å²) in [5, 5.41) is 20.0. The van der Waals surface area contributed by atoms with Crippen molar-refractivity contribution in [1.29, 1.82) is 0 Å². The van der Waals surface area contributed by atoms with Gasteiger partial charge in [0.15, 0.2) is 5.13 Å². The van der Waals surface area contributed by atoms with Crippen molar-refractivity contribution in [3.63, 3.8) is 0 Å². The van der Waals surface area contributed by atoms with E-state index in [0.717, 1.165) is 29.7 Å². The maximum atomic E-state index is 12.3. The highest BCUT2D eigenvalue weighted by Crippen LogP contribution is 2.26. The Kier molecular flexibility index (Phi) is 7.59. The van der Waals surface area contributed by atoms with E-state index in [1.807, 2.05) is 34.3 Å². The number of anilines is 1. The molecular formula is C23H23N5O3S2. The molecule has 3 aromatic heterocycles. The molecule has 0 bridgehead atoms. The number of thiophene rings is 1. The highest BCUT2D eigenvalue weighted by atomic mass is 32.1. The molecule has 0 aliphatic rings. The average Bonchev–Trinajstić information content (AvgIpc) is 3.57. The number of aryl methyl sites for hydroxylation is 2. The zero-order chi connectivity index (χ0) is 23.0. The van der Waals surface area contributed by atoms with Crippen LogP contribution in [0.3, 0.4) is 0 Å². The first kappa shape index (κ1) is 22.8. The predicted octanol–water partition coefficient (Wildman–Crippen LogP) is 4.56.